The lowest BCUT2D eigenvalue weighted by Gasteiger charge is -2.25. The number of benzene rings is 1. The highest BCUT2D eigenvalue weighted by Crippen LogP contribution is 2.19. The van der Waals surface area contributed by atoms with E-state index in [0.29, 0.717) is 31.5 Å². The van der Waals surface area contributed by atoms with Gasteiger partial charge in [0.25, 0.3) is 5.91 Å². The maximum absolute atomic E-state index is 12.2. The molecule has 1 heterocycles. The normalized spacial score (nSPS) is 18.9. The number of rotatable bonds is 3. The van der Waals surface area contributed by atoms with E-state index in [1.165, 1.54) is 4.90 Å². The molecule has 1 fully saturated rings. The molecule has 1 aliphatic heterocycles. The predicted molar refractivity (Wildman–Crippen MR) is 62.1 cm³/mol. The molecule has 0 spiro atoms. The van der Waals surface area contributed by atoms with E-state index in [1.807, 2.05) is 12.1 Å². The van der Waals surface area contributed by atoms with Gasteiger partial charge in [0.15, 0.2) is 0 Å². The minimum absolute atomic E-state index is 0.239. The van der Waals surface area contributed by atoms with Crippen molar-refractivity contribution in [1.29, 1.82) is 0 Å². The number of quaternary nitrogens is 1. The average Bonchev–Trinajstić information content (AvgIpc) is 2.87. The molecular formula is C13H16N2O3. The van der Waals surface area contributed by atoms with Crippen LogP contribution in [0.2, 0.25) is 0 Å². The second-order valence-electron chi connectivity index (χ2n) is 4.42. The number of amides is 1. The number of carboxylic acids is 1. The van der Waals surface area contributed by atoms with Gasteiger partial charge in [-0.05, 0) is 25.0 Å². The molecule has 0 aliphatic carbocycles. The third-order valence-electron chi connectivity index (χ3n) is 3.28. The van der Waals surface area contributed by atoms with Crippen LogP contribution in [-0.2, 0) is 11.3 Å². The van der Waals surface area contributed by atoms with Crippen molar-refractivity contribution in [3.05, 3.63) is 35.4 Å². The molecule has 1 saturated heterocycles. The van der Waals surface area contributed by atoms with Gasteiger partial charge in [-0.1, -0.05) is 12.1 Å². The van der Waals surface area contributed by atoms with Gasteiger partial charge in [-0.25, -0.2) is 0 Å². The van der Waals surface area contributed by atoms with E-state index in [9.17, 15) is 14.7 Å². The van der Waals surface area contributed by atoms with E-state index in [-0.39, 0.29) is 5.91 Å². The van der Waals surface area contributed by atoms with Gasteiger partial charge >= 0.3 is 0 Å². The lowest BCUT2D eigenvalue weighted by molar-refractivity contribution is -0.386. The van der Waals surface area contributed by atoms with Crippen LogP contribution in [0, 0.1) is 0 Å². The Morgan fingerprint density at radius 2 is 2.00 bits per heavy atom. The van der Waals surface area contributed by atoms with Gasteiger partial charge in [0.2, 0.25) is 0 Å². The molecule has 0 aromatic heterocycles. The summed E-state index contributed by atoms with van der Waals surface area (Å²) in [5.41, 5.74) is 5.32. The molecule has 1 aliphatic rings. The molecule has 18 heavy (non-hydrogen) atoms. The van der Waals surface area contributed by atoms with Gasteiger partial charge in [-0.3, -0.25) is 4.79 Å². The highest BCUT2D eigenvalue weighted by atomic mass is 16.4. The summed E-state index contributed by atoms with van der Waals surface area (Å²) in [7, 11) is 0. The fourth-order valence-electron chi connectivity index (χ4n) is 2.23. The third-order valence-corrected chi connectivity index (χ3v) is 3.28. The van der Waals surface area contributed by atoms with Gasteiger partial charge in [0.05, 0.1) is 18.6 Å². The van der Waals surface area contributed by atoms with Crippen LogP contribution in [-0.4, -0.2) is 29.4 Å². The summed E-state index contributed by atoms with van der Waals surface area (Å²) >= 11 is 0. The van der Waals surface area contributed by atoms with E-state index < -0.39 is 12.0 Å². The molecule has 5 nitrogen and oxygen atoms in total. The summed E-state index contributed by atoms with van der Waals surface area (Å²) in [4.78, 5) is 24.5. The van der Waals surface area contributed by atoms with Crippen LogP contribution >= 0.6 is 0 Å². The van der Waals surface area contributed by atoms with Crippen molar-refractivity contribution in [2.45, 2.75) is 25.4 Å². The Labute approximate surface area is 105 Å². The molecule has 0 bridgehead atoms. The van der Waals surface area contributed by atoms with Crippen molar-refractivity contribution < 1.29 is 20.4 Å². The van der Waals surface area contributed by atoms with Gasteiger partial charge in [0, 0.05) is 17.7 Å². The number of nitrogens with zero attached hydrogens (tertiary/aromatic N) is 1. The fraction of sp³-hybridized carbons (Fsp3) is 0.385. The SMILES string of the molecule is [NH3+]Cc1ccc(C(=O)N2CCC[C@H]2C(=O)[O-])cc1. The molecule has 96 valence electrons. The maximum Gasteiger partial charge on any atom is 0.254 e. The molecule has 0 unspecified atom stereocenters. The second kappa shape index (κ2) is 5.18. The topological polar surface area (TPSA) is 88.1 Å². The molecule has 1 aromatic rings. The first-order valence-electron chi connectivity index (χ1n) is 6.03. The predicted octanol–water partition coefficient (Wildman–Crippen LogP) is -1.22. The van der Waals surface area contributed by atoms with Crippen molar-refractivity contribution in [3.8, 4) is 0 Å². The summed E-state index contributed by atoms with van der Waals surface area (Å²) in [5.74, 6) is -1.41. The van der Waals surface area contributed by atoms with Crippen LogP contribution in [0.25, 0.3) is 0 Å². The summed E-state index contributed by atoms with van der Waals surface area (Å²) in [5, 5.41) is 10.9. The molecule has 2 rings (SSSR count). The molecule has 0 radical (unpaired) electrons. The van der Waals surface area contributed by atoms with E-state index >= 15 is 0 Å². The highest BCUT2D eigenvalue weighted by molar-refractivity contribution is 5.96. The van der Waals surface area contributed by atoms with E-state index in [0.717, 1.165) is 5.56 Å². The zero-order valence-corrected chi connectivity index (χ0v) is 10.1. The van der Waals surface area contributed by atoms with Crippen LogP contribution in [0.3, 0.4) is 0 Å². The smallest absolute Gasteiger partial charge is 0.254 e. The zero-order chi connectivity index (χ0) is 13.1. The van der Waals surface area contributed by atoms with Crippen molar-refractivity contribution in [2.75, 3.05) is 6.54 Å². The number of hydrogen-bond acceptors (Lipinski definition) is 3. The molecule has 1 aromatic carbocycles. The number of aliphatic carboxylic acids is 1. The molecule has 1 atom stereocenters. The van der Waals surface area contributed by atoms with Gasteiger partial charge in [-0.2, -0.15) is 0 Å². The van der Waals surface area contributed by atoms with Crippen molar-refractivity contribution in [2.24, 2.45) is 0 Å². The molecule has 1 amide bonds. The number of carbonyl (C=O) groups is 2. The first-order valence-corrected chi connectivity index (χ1v) is 6.03. The summed E-state index contributed by atoms with van der Waals surface area (Å²) in [6, 6.07) is 6.32. The number of carboxylic acid groups (broad SMARTS) is 1. The van der Waals surface area contributed by atoms with Gasteiger partial charge in [-0.15, -0.1) is 0 Å². The van der Waals surface area contributed by atoms with Crippen molar-refractivity contribution in [1.82, 2.24) is 4.90 Å². The number of hydrogen-bond donors (Lipinski definition) is 1. The van der Waals surface area contributed by atoms with Crippen LogP contribution in [0.5, 0.6) is 0 Å². The Morgan fingerprint density at radius 1 is 1.33 bits per heavy atom. The van der Waals surface area contributed by atoms with Gasteiger partial charge < -0.3 is 20.5 Å². The molecular weight excluding hydrogens is 232 g/mol. The van der Waals surface area contributed by atoms with Crippen molar-refractivity contribution >= 4 is 11.9 Å². The van der Waals surface area contributed by atoms with Crippen molar-refractivity contribution in [3.63, 3.8) is 0 Å². The van der Waals surface area contributed by atoms with E-state index in [1.54, 1.807) is 12.1 Å². The Hall–Kier alpha value is -1.88. The first-order chi connectivity index (χ1) is 8.63. The number of likely N-dealkylation sites (tertiary alicyclic amines) is 1. The minimum atomic E-state index is -1.17. The summed E-state index contributed by atoms with van der Waals surface area (Å²) < 4.78 is 0. The van der Waals surface area contributed by atoms with Gasteiger partial charge in [0.1, 0.15) is 0 Å². The van der Waals surface area contributed by atoms with Crippen LogP contribution in [0.15, 0.2) is 24.3 Å². The summed E-state index contributed by atoms with van der Waals surface area (Å²) in [6.45, 7) is 1.15. The Kier molecular flexibility index (Phi) is 3.62. The average molecular weight is 248 g/mol. The zero-order valence-electron chi connectivity index (χ0n) is 10.1. The lowest BCUT2D eigenvalue weighted by Crippen LogP contribution is -2.47. The van der Waals surface area contributed by atoms with E-state index in [2.05, 4.69) is 5.73 Å². The quantitative estimate of drug-likeness (QED) is 0.727. The van der Waals surface area contributed by atoms with Crippen LogP contribution < -0.4 is 10.8 Å². The highest BCUT2D eigenvalue weighted by Gasteiger charge is 2.30. The Bertz CT molecular complexity index is 456. The monoisotopic (exact) mass is 248 g/mol. The fourth-order valence-corrected chi connectivity index (χ4v) is 2.23. The second-order valence-corrected chi connectivity index (χ2v) is 4.42. The van der Waals surface area contributed by atoms with Crippen LogP contribution in [0.1, 0.15) is 28.8 Å². The summed E-state index contributed by atoms with van der Waals surface area (Å²) in [6.07, 6.45) is 1.19. The maximum atomic E-state index is 12.2. The lowest BCUT2D eigenvalue weighted by atomic mass is 10.1. The number of carbonyl (C=O) groups excluding carboxylic acids is 2. The third kappa shape index (κ3) is 2.36. The minimum Gasteiger partial charge on any atom is -0.548 e. The molecule has 0 saturated carbocycles. The Morgan fingerprint density at radius 3 is 2.56 bits per heavy atom. The standard InChI is InChI=1S/C13H16N2O3/c14-8-9-3-5-10(6-4-9)12(16)15-7-1-2-11(15)13(17)18/h3-6,11H,1-2,7-8,14H2,(H,17,18)/t11-/m0/s1. The van der Waals surface area contributed by atoms with E-state index in [4.69, 9.17) is 0 Å². The van der Waals surface area contributed by atoms with Crippen LogP contribution in [0.4, 0.5) is 0 Å². The Balaban J connectivity index is 2.17. The largest absolute Gasteiger partial charge is 0.548 e. The first kappa shape index (κ1) is 12.6. The molecule has 5 heteroatoms. The molecule has 3 N–H and O–H groups in total.